The predicted molar refractivity (Wildman–Crippen MR) is 84.8 cm³/mol. The Hall–Kier alpha value is -2.00. The monoisotopic (exact) mass is 283 g/mol. The number of para-hydroxylation sites is 1. The van der Waals surface area contributed by atoms with Gasteiger partial charge >= 0.3 is 0 Å². The Labute approximate surface area is 125 Å². The number of fused-ring (bicyclic) bond motifs is 1. The van der Waals surface area contributed by atoms with Crippen molar-refractivity contribution >= 4 is 5.69 Å². The molecule has 2 aromatic rings. The molecule has 0 aliphatic heterocycles. The number of hydrogen-bond donors (Lipinski definition) is 3. The van der Waals surface area contributed by atoms with E-state index in [2.05, 4.69) is 17.4 Å². The summed E-state index contributed by atoms with van der Waals surface area (Å²) in [4.78, 5) is 0. The molecule has 2 aromatic carbocycles. The number of phenolic OH excluding ortho intramolecular Hbond substituents is 1. The fourth-order valence-electron chi connectivity index (χ4n) is 3.09. The van der Waals surface area contributed by atoms with Crippen LogP contribution in [0.3, 0.4) is 0 Å². The molecule has 1 aliphatic carbocycles. The summed E-state index contributed by atoms with van der Waals surface area (Å²) in [5.41, 5.74) is 4.84. The Morgan fingerprint density at radius 2 is 1.95 bits per heavy atom. The topological polar surface area (TPSA) is 52.5 Å². The number of benzene rings is 2. The van der Waals surface area contributed by atoms with Gasteiger partial charge in [-0.25, -0.2) is 0 Å². The van der Waals surface area contributed by atoms with Gasteiger partial charge in [-0.1, -0.05) is 24.3 Å². The summed E-state index contributed by atoms with van der Waals surface area (Å²) in [6.45, 7) is 0.167. The van der Waals surface area contributed by atoms with Crippen LogP contribution in [0, 0.1) is 0 Å². The number of phenols is 1. The number of anilines is 1. The molecule has 1 atom stereocenters. The van der Waals surface area contributed by atoms with E-state index in [1.54, 1.807) is 6.07 Å². The molecule has 110 valence electrons. The summed E-state index contributed by atoms with van der Waals surface area (Å²) in [6, 6.07) is 14.2. The van der Waals surface area contributed by atoms with E-state index in [0.29, 0.717) is 18.2 Å². The summed E-state index contributed by atoms with van der Waals surface area (Å²) in [6.07, 6.45) is 3.73. The van der Waals surface area contributed by atoms with Crippen LogP contribution in [0.1, 0.15) is 23.1 Å². The molecule has 1 aliphatic rings. The van der Waals surface area contributed by atoms with Crippen LogP contribution < -0.4 is 5.32 Å². The fraction of sp³-hybridized carbons (Fsp3) is 0.333. The Morgan fingerprint density at radius 1 is 1.10 bits per heavy atom. The molecule has 3 heteroatoms. The Kier molecular flexibility index (Phi) is 4.11. The average Bonchev–Trinajstić information content (AvgIpc) is 2.49. The summed E-state index contributed by atoms with van der Waals surface area (Å²) in [5.74, 6) is 0.343. The van der Waals surface area contributed by atoms with Crippen molar-refractivity contribution in [3.63, 3.8) is 0 Å². The number of aryl methyl sites for hydroxylation is 1. The van der Waals surface area contributed by atoms with Gasteiger partial charge in [0.05, 0.1) is 0 Å². The SMILES string of the molecule is OCCc1ccccc1NC1CCc2ccc(O)cc2C1. The zero-order valence-electron chi connectivity index (χ0n) is 12.0. The van der Waals surface area contributed by atoms with Gasteiger partial charge in [0.15, 0.2) is 0 Å². The molecule has 0 fully saturated rings. The van der Waals surface area contributed by atoms with Crippen LogP contribution in [0.4, 0.5) is 5.69 Å². The second-order valence-electron chi connectivity index (χ2n) is 5.67. The van der Waals surface area contributed by atoms with Crippen LogP contribution in [-0.2, 0) is 19.3 Å². The molecule has 3 N–H and O–H groups in total. The maximum atomic E-state index is 9.63. The van der Waals surface area contributed by atoms with Gasteiger partial charge in [0.2, 0.25) is 0 Å². The normalized spacial score (nSPS) is 17.3. The number of aliphatic hydroxyl groups is 1. The quantitative estimate of drug-likeness (QED) is 0.808. The molecule has 0 radical (unpaired) electrons. The van der Waals surface area contributed by atoms with Crippen LogP contribution >= 0.6 is 0 Å². The highest BCUT2D eigenvalue weighted by Crippen LogP contribution is 2.27. The van der Waals surface area contributed by atoms with Crippen LogP contribution in [0.2, 0.25) is 0 Å². The lowest BCUT2D eigenvalue weighted by Gasteiger charge is -2.27. The number of aromatic hydroxyl groups is 1. The molecule has 0 bridgehead atoms. The second-order valence-corrected chi connectivity index (χ2v) is 5.67. The van der Waals surface area contributed by atoms with E-state index in [1.165, 1.54) is 11.1 Å². The van der Waals surface area contributed by atoms with Crippen molar-refractivity contribution < 1.29 is 10.2 Å². The van der Waals surface area contributed by atoms with Crippen LogP contribution in [-0.4, -0.2) is 22.9 Å². The van der Waals surface area contributed by atoms with Crippen molar-refractivity contribution in [2.75, 3.05) is 11.9 Å². The van der Waals surface area contributed by atoms with E-state index in [0.717, 1.165) is 30.5 Å². The zero-order chi connectivity index (χ0) is 14.7. The lowest BCUT2D eigenvalue weighted by Crippen LogP contribution is -2.27. The smallest absolute Gasteiger partial charge is 0.115 e. The van der Waals surface area contributed by atoms with Crippen molar-refractivity contribution in [2.24, 2.45) is 0 Å². The van der Waals surface area contributed by atoms with E-state index in [9.17, 15) is 5.11 Å². The van der Waals surface area contributed by atoms with E-state index < -0.39 is 0 Å². The highest BCUT2D eigenvalue weighted by atomic mass is 16.3. The van der Waals surface area contributed by atoms with Gasteiger partial charge in [-0.15, -0.1) is 0 Å². The molecule has 0 heterocycles. The molecule has 0 spiro atoms. The summed E-state index contributed by atoms with van der Waals surface area (Å²) < 4.78 is 0. The highest BCUT2D eigenvalue weighted by molar-refractivity contribution is 5.52. The van der Waals surface area contributed by atoms with E-state index >= 15 is 0 Å². The van der Waals surface area contributed by atoms with Gasteiger partial charge < -0.3 is 15.5 Å². The van der Waals surface area contributed by atoms with Gasteiger partial charge in [0.25, 0.3) is 0 Å². The zero-order valence-corrected chi connectivity index (χ0v) is 12.0. The van der Waals surface area contributed by atoms with Gasteiger partial charge in [-0.05, 0) is 60.6 Å². The van der Waals surface area contributed by atoms with E-state index in [-0.39, 0.29) is 6.61 Å². The number of rotatable bonds is 4. The van der Waals surface area contributed by atoms with E-state index in [4.69, 9.17) is 5.11 Å². The Balaban J connectivity index is 1.75. The molecule has 0 aromatic heterocycles. The van der Waals surface area contributed by atoms with Crippen molar-refractivity contribution in [2.45, 2.75) is 31.7 Å². The van der Waals surface area contributed by atoms with Crippen LogP contribution in [0.15, 0.2) is 42.5 Å². The van der Waals surface area contributed by atoms with Gasteiger partial charge in [0.1, 0.15) is 5.75 Å². The summed E-state index contributed by atoms with van der Waals surface area (Å²) in [5, 5.41) is 22.4. The fourth-order valence-corrected chi connectivity index (χ4v) is 3.09. The third kappa shape index (κ3) is 3.19. The third-order valence-electron chi connectivity index (χ3n) is 4.18. The lowest BCUT2D eigenvalue weighted by atomic mass is 9.88. The first kappa shape index (κ1) is 14.0. The van der Waals surface area contributed by atoms with Crippen molar-refractivity contribution in [3.8, 4) is 5.75 Å². The molecule has 3 rings (SSSR count). The van der Waals surface area contributed by atoms with Crippen molar-refractivity contribution in [1.82, 2.24) is 0 Å². The van der Waals surface area contributed by atoms with Crippen molar-refractivity contribution in [3.05, 3.63) is 59.2 Å². The molecule has 0 amide bonds. The average molecular weight is 283 g/mol. The molecule has 3 nitrogen and oxygen atoms in total. The molecule has 1 unspecified atom stereocenters. The second kappa shape index (κ2) is 6.19. The van der Waals surface area contributed by atoms with Crippen molar-refractivity contribution in [1.29, 1.82) is 0 Å². The number of nitrogens with one attached hydrogen (secondary N) is 1. The van der Waals surface area contributed by atoms with Crippen LogP contribution in [0.5, 0.6) is 5.75 Å². The summed E-state index contributed by atoms with van der Waals surface area (Å²) in [7, 11) is 0. The Bertz CT molecular complexity index is 624. The Morgan fingerprint density at radius 3 is 2.81 bits per heavy atom. The predicted octanol–water partition coefficient (Wildman–Crippen LogP) is 2.90. The third-order valence-corrected chi connectivity index (χ3v) is 4.18. The first-order valence-corrected chi connectivity index (χ1v) is 7.52. The molecular formula is C18H21NO2. The van der Waals surface area contributed by atoms with Gasteiger partial charge in [-0.2, -0.15) is 0 Å². The maximum Gasteiger partial charge on any atom is 0.115 e. The molecule has 0 saturated heterocycles. The minimum absolute atomic E-state index is 0.167. The summed E-state index contributed by atoms with van der Waals surface area (Å²) >= 11 is 0. The highest BCUT2D eigenvalue weighted by Gasteiger charge is 2.19. The van der Waals surface area contributed by atoms with Gasteiger partial charge in [-0.3, -0.25) is 0 Å². The minimum atomic E-state index is 0.167. The van der Waals surface area contributed by atoms with Gasteiger partial charge in [0, 0.05) is 18.3 Å². The molecule has 0 saturated carbocycles. The maximum absolute atomic E-state index is 9.63. The lowest BCUT2D eigenvalue weighted by molar-refractivity contribution is 0.300. The standard InChI is InChI=1S/C18H21NO2/c20-10-9-14-3-1-2-4-18(14)19-16-7-5-13-6-8-17(21)12-15(13)11-16/h1-4,6,8,12,16,19-21H,5,7,9-11H2. The largest absolute Gasteiger partial charge is 0.508 e. The first-order valence-electron chi connectivity index (χ1n) is 7.52. The number of aliphatic hydroxyl groups excluding tert-OH is 1. The molecular weight excluding hydrogens is 262 g/mol. The molecule has 21 heavy (non-hydrogen) atoms. The minimum Gasteiger partial charge on any atom is -0.508 e. The van der Waals surface area contributed by atoms with Crippen LogP contribution in [0.25, 0.3) is 0 Å². The number of hydrogen-bond acceptors (Lipinski definition) is 3. The first-order chi connectivity index (χ1) is 10.3. The van der Waals surface area contributed by atoms with E-state index in [1.807, 2.05) is 24.3 Å².